The lowest BCUT2D eigenvalue weighted by Gasteiger charge is -2.26. The second kappa shape index (κ2) is 9.94. The van der Waals surface area contributed by atoms with Crippen molar-refractivity contribution in [3.8, 4) is 0 Å². The summed E-state index contributed by atoms with van der Waals surface area (Å²) >= 11 is 0. The van der Waals surface area contributed by atoms with E-state index in [2.05, 4.69) is 19.2 Å². The molecule has 4 heteroatoms. The van der Waals surface area contributed by atoms with E-state index in [0.29, 0.717) is 18.8 Å². The van der Waals surface area contributed by atoms with E-state index in [1.54, 1.807) is 0 Å². The van der Waals surface area contributed by atoms with E-state index >= 15 is 0 Å². The van der Waals surface area contributed by atoms with Crippen LogP contribution in [0, 0.1) is 11.3 Å². The fourth-order valence-corrected chi connectivity index (χ4v) is 3.25. The Hall–Kier alpha value is -1.06. The van der Waals surface area contributed by atoms with Crippen LogP contribution in [0.2, 0.25) is 0 Å². The predicted molar refractivity (Wildman–Crippen MR) is 95.1 cm³/mol. The predicted octanol–water partition coefficient (Wildman–Crippen LogP) is 3.75. The van der Waals surface area contributed by atoms with Crippen molar-refractivity contribution in [3.63, 3.8) is 0 Å². The summed E-state index contributed by atoms with van der Waals surface area (Å²) in [5.41, 5.74) is -0.269. The molecule has 0 saturated carbocycles. The maximum atomic E-state index is 12.3. The molecule has 23 heavy (non-hydrogen) atoms. The third-order valence-electron chi connectivity index (χ3n) is 4.86. The lowest BCUT2D eigenvalue weighted by molar-refractivity contribution is -0.133. The molecule has 0 aromatic rings. The van der Waals surface area contributed by atoms with Gasteiger partial charge >= 0.3 is 0 Å². The molecule has 0 spiro atoms. The highest BCUT2D eigenvalue weighted by Crippen LogP contribution is 2.27. The van der Waals surface area contributed by atoms with Crippen LogP contribution in [0.1, 0.15) is 79.1 Å². The minimum atomic E-state index is -0.269. The molecule has 4 nitrogen and oxygen atoms in total. The van der Waals surface area contributed by atoms with Crippen LogP contribution in [-0.4, -0.2) is 36.3 Å². The number of amides is 2. The van der Waals surface area contributed by atoms with Crippen molar-refractivity contribution in [1.82, 2.24) is 10.2 Å². The average molecular weight is 325 g/mol. The molecule has 0 aliphatic carbocycles. The Labute approximate surface area is 142 Å². The lowest BCUT2D eigenvalue weighted by atomic mass is 9.84. The van der Waals surface area contributed by atoms with Gasteiger partial charge in [-0.2, -0.15) is 0 Å². The smallest absolute Gasteiger partial charge is 0.223 e. The van der Waals surface area contributed by atoms with E-state index < -0.39 is 0 Å². The van der Waals surface area contributed by atoms with E-state index in [0.717, 1.165) is 38.9 Å². The van der Waals surface area contributed by atoms with Crippen LogP contribution in [0.25, 0.3) is 0 Å². The second-order valence-corrected chi connectivity index (χ2v) is 7.83. The summed E-state index contributed by atoms with van der Waals surface area (Å²) in [6, 6.07) is 0. The Kier molecular flexibility index (Phi) is 8.64. The third-order valence-corrected chi connectivity index (χ3v) is 4.86. The minimum absolute atomic E-state index is 0.0826. The Morgan fingerprint density at radius 1 is 1.13 bits per heavy atom. The summed E-state index contributed by atoms with van der Waals surface area (Å²) in [7, 11) is 0. The number of hydrogen-bond donors (Lipinski definition) is 1. The van der Waals surface area contributed by atoms with Gasteiger partial charge in [0.25, 0.3) is 0 Å². The molecule has 1 N–H and O–H groups in total. The van der Waals surface area contributed by atoms with Crippen LogP contribution in [0.4, 0.5) is 0 Å². The molecule has 1 saturated heterocycles. The van der Waals surface area contributed by atoms with Crippen molar-refractivity contribution in [2.75, 3.05) is 19.6 Å². The largest absolute Gasteiger partial charge is 0.356 e. The van der Waals surface area contributed by atoms with Gasteiger partial charge in [0.05, 0.1) is 0 Å². The average Bonchev–Trinajstić information content (AvgIpc) is 3.00. The molecule has 0 bridgehead atoms. The Morgan fingerprint density at radius 3 is 2.35 bits per heavy atom. The normalized spacial score (nSPS) is 16.4. The van der Waals surface area contributed by atoms with Gasteiger partial charge in [-0.15, -0.1) is 0 Å². The monoisotopic (exact) mass is 324 g/mol. The molecule has 0 aromatic heterocycles. The highest BCUT2D eigenvalue weighted by atomic mass is 16.2. The highest BCUT2D eigenvalue weighted by Gasteiger charge is 2.28. The van der Waals surface area contributed by atoms with Crippen molar-refractivity contribution >= 4 is 11.8 Å². The van der Waals surface area contributed by atoms with Crippen LogP contribution in [0.3, 0.4) is 0 Å². The molecular weight excluding hydrogens is 288 g/mol. The zero-order valence-corrected chi connectivity index (χ0v) is 15.6. The van der Waals surface area contributed by atoms with Crippen molar-refractivity contribution in [2.45, 2.75) is 79.1 Å². The van der Waals surface area contributed by atoms with Gasteiger partial charge in [-0.05, 0) is 30.6 Å². The van der Waals surface area contributed by atoms with Gasteiger partial charge in [0, 0.05) is 32.5 Å². The molecule has 1 heterocycles. The van der Waals surface area contributed by atoms with Crippen molar-refractivity contribution in [2.24, 2.45) is 11.3 Å². The summed E-state index contributed by atoms with van der Waals surface area (Å²) < 4.78 is 0. The number of hydrogen-bond acceptors (Lipinski definition) is 2. The summed E-state index contributed by atoms with van der Waals surface area (Å²) in [5, 5.41) is 3.08. The van der Waals surface area contributed by atoms with E-state index in [-0.39, 0.29) is 17.2 Å². The van der Waals surface area contributed by atoms with Crippen LogP contribution >= 0.6 is 0 Å². The van der Waals surface area contributed by atoms with Crippen LogP contribution in [-0.2, 0) is 9.59 Å². The quantitative estimate of drug-likeness (QED) is 0.665. The maximum Gasteiger partial charge on any atom is 0.223 e. The van der Waals surface area contributed by atoms with E-state index in [1.807, 2.05) is 18.7 Å². The molecule has 1 fully saturated rings. The van der Waals surface area contributed by atoms with E-state index in [9.17, 15) is 9.59 Å². The number of unbranched alkanes of at least 4 members (excludes halogenated alkanes) is 1. The molecule has 1 unspecified atom stereocenters. The Balaban J connectivity index is 2.34. The minimum Gasteiger partial charge on any atom is -0.356 e. The van der Waals surface area contributed by atoms with Gasteiger partial charge in [0.1, 0.15) is 0 Å². The van der Waals surface area contributed by atoms with Crippen molar-refractivity contribution in [1.29, 1.82) is 0 Å². The number of likely N-dealkylation sites (tertiary alicyclic amines) is 1. The first-order valence-corrected chi connectivity index (χ1v) is 9.42. The molecule has 2 amide bonds. The highest BCUT2D eigenvalue weighted by molar-refractivity contribution is 5.80. The molecule has 1 aliphatic heterocycles. The number of nitrogens with zero attached hydrogens (tertiary/aromatic N) is 1. The van der Waals surface area contributed by atoms with E-state index in [4.69, 9.17) is 0 Å². The molecule has 0 aromatic carbocycles. The first-order chi connectivity index (χ1) is 10.9. The van der Waals surface area contributed by atoms with Crippen molar-refractivity contribution in [3.05, 3.63) is 0 Å². The summed E-state index contributed by atoms with van der Waals surface area (Å²) in [5.74, 6) is 0.863. The molecular formula is C19H36N2O2. The fraction of sp³-hybridized carbons (Fsp3) is 0.895. The molecule has 0 radical (unpaired) electrons. The summed E-state index contributed by atoms with van der Waals surface area (Å²) in [6.45, 7) is 11.0. The lowest BCUT2D eigenvalue weighted by Crippen LogP contribution is -2.36. The Morgan fingerprint density at radius 2 is 1.78 bits per heavy atom. The summed E-state index contributed by atoms with van der Waals surface area (Å²) in [4.78, 5) is 26.4. The zero-order chi connectivity index (χ0) is 17.3. The van der Waals surface area contributed by atoms with Crippen LogP contribution in [0.15, 0.2) is 0 Å². The topological polar surface area (TPSA) is 49.4 Å². The number of rotatable bonds is 10. The Bertz CT molecular complexity index is 374. The SMILES string of the molecule is CCCCC(CC)CNC(=O)CC(C)(C)CC(=O)N1CCCC1. The zero-order valence-electron chi connectivity index (χ0n) is 15.6. The summed E-state index contributed by atoms with van der Waals surface area (Å²) in [6.07, 6.45) is 7.84. The molecule has 1 atom stereocenters. The van der Waals surface area contributed by atoms with Gasteiger partial charge in [-0.25, -0.2) is 0 Å². The maximum absolute atomic E-state index is 12.3. The third kappa shape index (κ3) is 7.85. The van der Waals surface area contributed by atoms with E-state index in [1.165, 1.54) is 19.3 Å². The number of nitrogens with one attached hydrogen (secondary N) is 1. The molecule has 1 aliphatic rings. The van der Waals surface area contributed by atoms with Gasteiger partial charge < -0.3 is 10.2 Å². The number of carbonyl (C=O) groups excluding carboxylic acids is 2. The van der Waals surface area contributed by atoms with Gasteiger partial charge in [0.15, 0.2) is 0 Å². The number of carbonyl (C=O) groups is 2. The van der Waals surface area contributed by atoms with Crippen molar-refractivity contribution < 1.29 is 9.59 Å². The molecule has 1 rings (SSSR count). The first kappa shape index (κ1) is 20.0. The first-order valence-electron chi connectivity index (χ1n) is 9.42. The van der Waals surface area contributed by atoms with Crippen LogP contribution < -0.4 is 5.32 Å². The second-order valence-electron chi connectivity index (χ2n) is 7.83. The fourth-order valence-electron chi connectivity index (χ4n) is 3.25. The standard InChI is InChI=1S/C19H36N2O2/c1-5-7-10-16(6-2)15-20-17(22)13-19(3,4)14-18(23)21-11-8-9-12-21/h16H,5-15H2,1-4H3,(H,20,22). The molecule has 134 valence electrons. The van der Waals surface area contributed by atoms with Crippen LogP contribution in [0.5, 0.6) is 0 Å². The van der Waals surface area contributed by atoms with Gasteiger partial charge in [-0.1, -0.05) is 47.0 Å². The van der Waals surface area contributed by atoms with Gasteiger partial charge in [-0.3, -0.25) is 9.59 Å². The van der Waals surface area contributed by atoms with Gasteiger partial charge in [0.2, 0.25) is 11.8 Å².